The number of nitrogens with zero attached hydrogens (tertiary/aromatic N) is 2. The van der Waals surface area contributed by atoms with Crippen LogP contribution in [0.3, 0.4) is 0 Å². The Morgan fingerprint density at radius 1 is 0.525 bits per heavy atom. The molecule has 0 aromatic heterocycles. The van der Waals surface area contributed by atoms with E-state index in [4.69, 9.17) is 18.9 Å². The highest BCUT2D eigenvalue weighted by atomic mass is 16.6. The average molecular weight is 865 g/mol. The van der Waals surface area contributed by atoms with Crippen molar-refractivity contribution in [1.29, 1.82) is 0 Å². The van der Waals surface area contributed by atoms with E-state index in [9.17, 15) is 19.5 Å². The summed E-state index contributed by atoms with van der Waals surface area (Å²) in [6, 6.07) is 0. The van der Waals surface area contributed by atoms with Crippen molar-refractivity contribution >= 4 is 17.9 Å². The Morgan fingerprint density at radius 3 is 1.46 bits per heavy atom. The standard InChI is InChI=1S/C51H96N2O8/c1-40(2)14-9-16-42(5)18-11-20-44-22-26-46(27-23-44)50(56)60-38-36-58-48(54)30-34-53(33-13-32-52(7)8)35-31-49(55)59-37-39-61-51(57)47-28-24-45(25-29-47)21-12-19-43(6)17-10-15-41(3)4/h40-48,54H,9-39H2,1-8H3. The van der Waals surface area contributed by atoms with E-state index in [1.807, 2.05) is 14.1 Å². The zero-order chi connectivity index (χ0) is 44.8. The first-order chi connectivity index (χ1) is 29.2. The fraction of sp³-hybridized carbons (Fsp3) is 0.941. The Hall–Kier alpha value is -1.75. The normalized spacial score (nSPS) is 21.2. The summed E-state index contributed by atoms with van der Waals surface area (Å²) >= 11 is 0. The Labute approximate surface area is 374 Å². The van der Waals surface area contributed by atoms with E-state index in [1.165, 1.54) is 77.0 Å². The molecule has 2 fully saturated rings. The Balaban J connectivity index is 1.55. The molecule has 358 valence electrons. The summed E-state index contributed by atoms with van der Waals surface area (Å²) in [7, 11) is 4.07. The molecule has 10 nitrogen and oxygen atoms in total. The molecule has 0 amide bonds. The molecule has 1 N–H and O–H groups in total. The Kier molecular flexibility index (Phi) is 30.6. The summed E-state index contributed by atoms with van der Waals surface area (Å²) in [4.78, 5) is 42.4. The number of carbonyl (C=O) groups is 3. The lowest BCUT2D eigenvalue weighted by atomic mass is 9.79. The number of carbonyl (C=O) groups excluding carboxylic acids is 3. The summed E-state index contributed by atoms with van der Waals surface area (Å²) in [5.41, 5.74) is 0. The predicted molar refractivity (Wildman–Crippen MR) is 248 cm³/mol. The third-order valence-corrected chi connectivity index (χ3v) is 13.6. The molecule has 0 radical (unpaired) electrons. The molecule has 3 atom stereocenters. The van der Waals surface area contributed by atoms with Crippen molar-refractivity contribution in [2.75, 3.05) is 66.7 Å². The first-order valence-electron chi connectivity index (χ1n) is 25.4. The van der Waals surface area contributed by atoms with E-state index >= 15 is 0 Å². The summed E-state index contributed by atoms with van der Waals surface area (Å²) in [6.45, 7) is 17.2. The van der Waals surface area contributed by atoms with Crippen molar-refractivity contribution in [2.24, 2.45) is 47.3 Å². The van der Waals surface area contributed by atoms with Crippen LogP contribution >= 0.6 is 0 Å². The van der Waals surface area contributed by atoms with Gasteiger partial charge in [0.2, 0.25) is 0 Å². The largest absolute Gasteiger partial charge is 0.463 e. The van der Waals surface area contributed by atoms with Gasteiger partial charge in [-0.25, -0.2) is 0 Å². The number of rotatable bonds is 35. The molecule has 2 aliphatic carbocycles. The van der Waals surface area contributed by atoms with Gasteiger partial charge >= 0.3 is 17.9 Å². The summed E-state index contributed by atoms with van der Waals surface area (Å²) in [5, 5.41) is 10.6. The molecule has 0 saturated heterocycles. The van der Waals surface area contributed by atoms with Gasteiger partial charge in [-0.2, -0.15) is 0 Å². The molecule has 0 aromatic carbocycles. The molecule has 2 rings (SSSR count). The molecule has 0 bridgehead atoms. The minimum Gasteiger partial charge on any atom is -0.463 e. The number of esters is 3. The van der Waals surface area contributed by atoms with Crippen LogP contribution in [0.2, 0.25) is 0 Å². The van der Waals surface area contributed by atoms with Crippen LogP contribution in [0.5, 0.6) is 0 Å². The lowest BCUT2D eigenvalue weighted by molar-refractivity contribution is -0.157. The zero-order valence-electron chi connectivity index (χ0n) is 40.8. The maximum Gasteiger partial charge on any atom is 0.309 e. The summed E-state index contributed by atoms with van der Waals surface area (Å²) in [6.07, 6.45) is 24.3. The van der Waals surface area contributed by atoms with Gasteiger partial charge in [0.1, 0.15) is 19.8 Å². The number of hydrogen-bond donors (Lipinski definition) is 1. The minimum atomic E-state index is -0.988. The van der Waals surface area contributed by atoms with Gasteiger partial charge in [0.15, 0.2) is 6.29 Å². The maximum absolute atomic E-state index is 12.7. The van der Waals surface area contributed by atoms with Crippen molar-refractivity contribution in [2.45, 2.75) is 196 Å². The molecule has 0 spiro atoms. The second-order valence-corrected chi connectivity index (χ2v) is 20.6. The van der Waals surface area contributed by atoms with Crippen LogP contribution in [-0.2, 0) is 33.3 Å². The van der Waals surface area contributed by atoms with Gasteiger partial charge in [-0.15, -0.1) is 0 Å². The molecule has 3 unspecified atom stereocenters. The lowest BCUT2D eigenvalue weighted by Gasteiger charge is -2.27. The van der Waals surface area contributed by atoms with E-state index in [0.29, 0.717) is 19.5 Å². The molecule has 61 heavy (non-hydrogen) atoms. The van der Waals surface area contributed by atoms with Crippen molar-refractivity contribution < 1.29 is 38.4 Å². The summed E-state index contributed by atoms with van der Waals surface area (Å²) in [5.74, 6) is 3.97. The minimum absolute atomic E-state index is 0.0265. The van der Waals surface area contributed by atoms with Crippen LogP contribution in [0, 0.1) is 47.3 Å². The van der Waals surface area contributed by atoms with Crippen LogP contribution in [0.15, 0.2) is 0 Å². The SMILES string of the molecule is CC(C)CCCC(C)CCCC1CCC(C(=O)OCCOC(=O)CCN(CCCN(C)C)CCC(O)OCCOC(=O)C2CCC(CCCC(C)CCCC(C)C)CC2)CC1. The van der Waals surface area contributed by atoms with E-state index < -0.39 is 6.29 Å². The Morgan fingerprint density at radius 2 is 0.984 bits per heavy atom. The second-order valence-electron chi connectivity index (χ2n) is 20.6. The van der Waals surface area contributed by atoms with Crippen LogP contribution in [0.1, 0.15) is 189 Å². The first-order valence-corrected chi connectivity index (χ1v) is 25.4. The van der Waals surface area contributed by atoms with Crippen molar-refractivity contribution in [3.8, 4) is 0 Å². The van der Waals surface area contributed by atoms with Crippen LogP contribution in [0.25, 0.3) is 0 Å². The van der Waals surface area contributed by atoms with Gasteiger partial charge in [-0.05, 0) is 120 Å². The molecule has 0 aromatic rings. The number of ether oxygens (including phenoxy) is 4. The van der Waals surface area contributed by atoms with Gasteiger partial charge in [0, 0.05) is 19.5 Å². The predicted octanol–water partition coefficient (Wildman–Crippen LogP) is 10.9. The van der Waals surface area contributed by atoms with Gasteiger partial charge < -0.3 is 33.9 Å². The van der Waals surface area contributed by atoms with Gasteiger partial charge in [-0.1, -0.05) is 119 Å². The molecule has 2 aliphatic rings. The Bertz CT molecular complexity index is 1120. The fourth-order valence-corrected chi connectivity index (χ4v) is 9.43. The topological polar surface area (TPSA) is 115 Å². The van der Waals surface area contributed by atoms with Crippen molar-refractivity contribution in [3.05, 3.63) is 0 Å². The molecule has 2 saturated carbocycles. The average Bonchev–Trinajstić information content (AvgIpc) is 3.21. The highest BCUT2D eigenvalue weighted by Gasteiger charge is 2.29. The van der Waals surface area contributed by atoms with Crippen molar-refractivity contribution in [3.63, 3.8) is 0 Å². The first kappa shape index (κ1) is 55.4. The number of aliphatic hydroxyl groups excluding tert-OH is 1. The molecule has 0 heterocycles. The van der Waals surface area contributed by atoms with Crippen LogP contribution in [-0.4, -0.2) is 106 Å². The van der Waals surface area contributed by atoms with Crippen molar-refractivity contribution in [1.82, 2.24) is 9.80 Å². The van der Waals surface area contributed by atoms with Gasteiger partial charge in [0.05, 0.1) is 24.9 Å². The highest BCUT2D eigenvalue weighted by Crippen LogP contribution is 2.34. The lowest BCUT2D eigenvalue weighted by Crippen LogP contribution is -2.33. The molecule has 10 heteroatoms. The fourth-order valence-electron chi connectivity index (χ4n) is 9.43. The third kappa shape index (κ3) is 28.6. The van der Waals surface area contributed by atoms with E-state index in [1.54, 1.807) is 0 Å². The van der Waals surface area contributed by atoms with Crippen LogP contribution < -0.4 is 0 Å². The smallest absolute Gasteiger partial charge is 0.309 e. The number of aliphatic hydroxyl groups is 1. The molecular formula is C51H96N2O8. The van der Waals surface area contributed by atoms with Gasteiger partial charge in [-0.3, -0.25) is 14.4 Å². The second kappa shape index (κ2) is 33.7. The summed E-state index contributed by atoms with van der Waals surface area (Å²) < 4.78 is 22.1. The molecular weight excluding hydrogens is 769 g/mol. The highest BCUT2D eigenvalue weighted by molar-refractivity contribution is 5.73. The maximum atomic E-state index is 12.7. The van der Waals surface area contributed by atoms with Crippen LogP contribution in [0.4, 0.5) is 0 Å². The van der Waals surface area contributed by atoms with E-state index in [0.717, 1.165) is 106 Å². The molecule has 0 aliphatic heterocycles. The monoisotopic (exact) mass is 865 g/mol. The van der Waals surface area contributed by atoms with E-state index in [2.05, 4.69) is 51.3 Å². The zero-order valence-corrected chi connectivity index (χ0v) is 40.8. The number of hydrogen-bond acceptors (Lipinski definition) is 10. The van der Waals surface area contributed by atoms with E-state index in [-0.39, 0.29) is 62.6 Å². The van der Waals surface area contributed by atoms with Gasteiger partial charge in [0.25, 0.3) is 0 Å². The quantitative estimate of drug-likeness (QED) is 0.0286. The third-order valence-electron chi connectivity index (χ3n) is 13.6.